The second-order valence-electron chi connectivity index (χ2n) is 6.07. The predicted octanol–water partition coefficient (Wildman–Crippen LogP) is 5.59. The van der Waals surface area contributed by atoms with Crippen LogP contribution in [0.5, 0.6) is 0 Å². The van der Waals surface area contributed by atoms with Crippen molar-refractivity contribution >= 4 is 40.9 Å². The van der Waals surface area contributed by atoms with Gasteiger partial charge in [-0.15, -0.1) is 0 Å². The van der Waals surface area contributed by atoms with Gasteiger partial charge < -0.3 is 9.84 Å². The summed E-state index contributed by atoms with van der Waals surface area (Å²) in [6.45, 7) is 1.93. The van der Waals surface area contributed by atoms with Crippen molar-refractivity contribution < 1.29 is 14.6 Å². The Morgan fingerprint density at radius 2 is 1.77 bits per heavy atom. The molecule has 30 heavy (non-hydrogen) atoms. The number of anilines is 2. The van der Waals surface area contributed by atoms with Crippen LogP contribution in [0.4, 0.5) is 17.2 Å². The average molecular weight is 422 g/mol. The first-order valence-corrected chi connectivity index (χ1v) is 9.64. The van der Waals surface area contributed by atoms with Crippen molar-refractivity contribution in [3.05, 3.63) is 95.5 Å². The van der Waals surface area contributed by atoms with Gasteiger partial charge in [0.1, 0.15) is 10.8 Å². The predicted molar refractivity (Wildman–Crippen MR) is 119 cm³/mol. The number of pyridine rings is 1. The lowest BCUT2D eigenvalue weighted by Gasteiger charge is -2.22. The molecule has 0 atom stereocenters. The largest absolute Gasteiger partial charge is 0.481 e. The van der Waals surface area contributed by atoms with Gasteiger partial charge in [0.2, 0.25) is 0 Å². The molecular weight excluding hydrogens is 402 g/mol. The Morgan fingerprint density at radius 1 is 1.10 bits per heavy atom. The van der Waals surface area contributed by atoms with E-state index in [9.17, 15) is 9.90 Å². The summed E-state index contributed by atoms with van der Waals surface area (Å²) in [5.74, 6) is -0.815. The molecule has 0 aliphatic heterocycles. The maximum Gasteiger partial charge on any atom is 0.282 e. The van der Waals surface area contributed by atoms with Crippen molar-refractivity contribution in [2.45, 2.75) is 6.92 Å². The summed E-state index contributed by atoms with van der Waals surface area (Å²) in [5.41, 5.74) is 1.86. The second-order valence-corrected chi connectivity index (χ2v) is 6.46. The fraction of sp³-hybridized carbons (Fsp3) is 0.0870. The monoisotopic (exact) mass is 421 g/mol. The molecule has 0 saturated heterocycles. The Morgan fingerprint density at radius 3 is 2.43 bits per heavy atom. The van der Waals surface area contributed by atoms with Gasteiger partial charge in [-0.05, 0) is 36.8 Å². The SMILES string of the molecule is CCO/C(O)=C/C(=O)N(c1ccccc1)c1nc(Cl)ccc1N=Cc1ccccc1. The second kappa shape index (κ2) is 10.2. The lowest BCUT2D eigenvalue weighted by atomic mass is 10.2. The first-order chi connectivity index (χ1) is 14.6. The van der Waals surface area contributed by atoms with Crippen LogP contribution in [0, 0.1) is 0 Å². The number of hydrogen-bond acceptors (Lipinski definition) is 5. The number of aliphatic imine (C=N–C) groups is 1. The molecule has 0 aliphatic rings. The molecule has 2 aromatic carbocycles. The van der Waals surface area contributed by atoms with E-state index < -0.39 is 11.9 Å². The summed E-state index contributed by atoms with van der Waals surface area (Å²) in [6.07, 6.45) is 2.67. The van der Waals surface area contributed by atoms with Crippen LogP contribution in [0.3, 0.4) is 0 Å². The van der Waals surface area contributed by atoms with Gasteiger partial charge in [0.05, 0.1) is 18.4 Å². The molecule has 1 aromatic heterocycles. The molecule has 1 amide bonds. The van der Waals surface area contributed by atoms with E-state index in [-0.39, 0.29) is 17.6 Å². The number of amides is 1. The number of halogens is 1. The lowest BCUT2D eigenvalue weighted by Crippen LogP contribution is -2.25. The maximum absolute atomic E-state index is 13.0. The van der Waals surface area contributed by atoms with Crippen LogP contribution in [-0.4, -0.2) is 28.8 Å². The highest BCUT2D eigenvalue weighted by atomic mass is 35.5. The highest BCUT2D eigenvalue weighted by molar-refractivity contribution is 6.29. The number of aromatic nitrogens is 1. The normalized spacial score (nSPS) is 11.5. The minimum Gasteiger partial charge on any atom is -0.481 e. The molecule has 152 valence electrons. The Balaban J connectivity index is 2.09. The number of para-hydroxylation sites is 1. The lowest BCUT2D eigenvalue weighted by molar-refractivity contribution is -0.114. The number of aliphatic hydroxyl groups is 1. The number of ether oxygens (including phenoxy) is 1. The van der Waals surface area contributed by atoms with Crippen LogP contribution in [-0.2, 0) is 9.53 Å². The molecule has 0 fully saturated rings. The molecule has 0 aliphatic carbocycles. The topological polar surface area (TPSA) is 75.0 Å². The summed E-state index contributed by atoms with van der Waals surface area (Å²) in [5, 5.41) is 10.1. The van der Waals surface area contributed by atoms with Gasteiger partial charge >= 0.3 is 0 Å². The van der Waals surface area contributed by atoms with E-state index in [1.807, 2.05) is 36.4 Å². The zero-order chi connectivity index (χ0) is 21.3. The molecule has 3 aromatic rings. The van der Waals surface area contributed by atoms with Gasteiger partial charge in [-0.25, -0.2) is 4.98 Å². The van der Waals surface area contributed by atoms with Gasteiger partial charge in [-0.1, -0.05) is 60.1 Å². The summed E-state index contributed by atoms with van der Waals surface area (Å²) in [6, 6.07) is 21.7. The number of rotatable bonds is 7. The standard InChI is InChI=1S/C23H20ClN3O3/c1-2-30-22(29)15-21(28)27(18-11-7-4-8-12-18)23-19(13-14-20(24)26-23)25-16-17-9-5-3-6-10-17/h3-16,29H,2H2,1H3/b22-15+,25-16?. The van der Waals surface area contributed by atoms with Gasteiger partial charge in [0.25, 0.3) is 11.9 Å². The minimum atomic E-state index is -0.557. The fourth-order valence-electron chi connectivity index (χ4n) is 2.66. The van der Waals surface area contributed by atoms with Crippen molar-refractivity contribution in [2.24, 2.45) is 4.99 Å². The molecule has 3 rings (SSSR count). The van der Waals surface area contributed by atoms with Crippen LogP contribution >= 0.6 is 11.6 Å². The molecule has 0 spiro atoms. The van der Waals surface area contributed by atoms with E-state index in [4.69, 9.17) is 16.3 Å². The summed E-state index contributed by atoms with van der Waals surface area (Å²) >= 11 is 6.14. The van der Waals surface area contributed by atoms with E-state index in [1.165, 1.54) is 4.90 Å². The number of carbonyl (C=O) groups excluding carboxylic acids is 1. The average Bonchev–Trinajstić information content (AvgIpc) is 2.75. The molecular formula is C23H20ClN3O3. The zero-order valence-corrected chi connectivity index (χ0v) is 17.0. The fourth-order valence-corrected chi connectivity index (χ4v) is 2.80. The van der Waals surface area contributed by atoms with E-state index in [0.717, 1.165) is 11.6 Å². The third-order valence-electron chi connectivity index (χ3n) is 3.96. The number of hydrogen-bond donors (Lipinski definition) is 1. The quantitative estimate of drug-likeness (QED) is 0.233. The van der Waals surface area contributed by atoms with Crippen LogP contribution in [0.1, 0.15) is 12.5 Å². The van der Waals surface area contributed by atoms with Crippen molar-refractivity contribution in [2.75, 3.05) is 11.5 Å². The van der Waals surface area contributed by atoms with Crippen LogP contribution in [0.15, 0.2) is 89.8 Å². The molecule has 7 heteroatoms. The molecule has 0 bridgehead atoms. The summed E-state index contributed by atoms with van der Waals surface area (Å²) in [4.78, 5) is 23.2. The molecule has 1 heterocycles. The van der Waals surface area contributed by atoms with Gasteiger partial charge in [-0.2, -0.15) is 0 Å². The summed E-state index contributed by atoms with van der Waals surface area (Å²) < 4.78 is 4.99. The first kappa shape index (κ1) is 21.1. The van der Waals surface area contributed by atoms with Crippen LogP contribution in [0.25, 0.3) is 0 Å². The third kappa shape index (κ3) is 5.46. The number of nitrogens with zero attached hydrogens (tertiary/aromatic N) is 3. The first-order valence-electron chi connectivity index (χ1n) is 9.26. The molecule has 1 N–H and O–H groups in total. The Bertz CT molecular complexity index is 1050. The van der Waals surface area contributed by atoms with Gasteiger partial charge in [0, 0.05) is 6.21 Å². The van der Waals surface area contributed by atoms with Crippen LogP contribution < -0.4 is 4.90 Å². The van der Waals surface area contributed by atoms with Crippen molar-refractivity contribution in [1.29, 1.82) is 0 Å². The molecule has 0 saturated carbocycles. The van der Waals surface area contributed by atoms with Crippen molar-refractivity contribution in [1.82, 2.24) is 4.98 Å². The number of benzene rings is 2. The Hall–Kier alpha value is -3.64. The van der Waals surface area contributed by atoms with Crippen LogP contribution in [0.2, 0.25) is 5.15 Å². The van der Waals surface area contributed by atoms with Crippen molar-refractivity contribution in [3.63, 3.8) is 0 Å². The highest BCUT2D eigenvalue weighted by Crippen LogP contribution is 2.34. The van der Waals surface area contributed by atoms with E-state index in [0.29, 0.717) is 11.4 Å². The molecule has 6 nitrogen and oxygen atoms in total. The van der Waals surface area contributed by atoms with E-state index in [2.05, 4.69) is 9.98 Å². The van der Waals surface area contributed by atoms with E-state index in [1.54, 1.807) is 49.5 Å². The number of aliphatic hydroxyl groups excluding tert-OH is 1. The molecule has 0 unspecified atom stereocenters. The van der Waals surface area contributed by atoms with E-state index >= 15 is 0 Å². The molecule has 0 radical (unpaired) electrons. The minimum absolute atomic E-state index is 0.204. The summed E-state index contributed by atoms with van der Waals surface area (Å²) in [7, 11) is 0. The Labute approximate surface area is 179 Å². The zero-order valence-electron chi connectivity index (χ0n) is 16.3. The Kier molecular flexibility index (Phi) is 7.19. The van der Waals surface area contributed by atoms with Crippen molar-refractivity contribution in [3.8, 4) is 0 Å². The van der Waals surface area contributed by atoms with Gasteiger partial charge in [0.15, 0.2) is 5.82 Å². The van der Waals surface area contributed by atoms with Gasteiger partial charge in [-0.3, -0.25) is 14.7 Å². The highest BCUT2D eigenvalue weighted by Gasteiger charge is 2.22. The number of carbonyl (C=O) groups is 1. The maximum atomic E-state index is 13.0. The smallest absolute Gasteiger partial charge is 0.282 e. The third-order valence-corrected chi connectivity index (χ3v) is 4.17.